The minimum Gasteiger partial charge on any atom is -0.326 e. The molecule has 4 rings (SSSR count). The molecule has 1 aliphatic heterocycles. The van der Waals surface area contributed by atoms with Gasteiger partial charge in [-0.1, -0.05) is 17.8 Å². The van der Waals surface area contributed by atoms with Gasteiger partial charge in [0.1, 0.15) is 5.82 Å². The topological polar surface area (TPSA) is 62.3 Å². The predicted octanol–water partition coefficient (Wildman–Crippen LogP) is 4.46. The van der Waals surface area contributed by atoms with E-state index in [1.807, 2.05) is 24.5 Å². The number of benzene rings is 2. The zero-order valence-corrected chi connectivity index (χ0v) is 17.0. The van der Waals surface area contributed by atoms with Crippen LogP contribution in [0.2, 0.25) is 0 Å². The van der Waals surface area contributed by atoms with Crippen molar-refractivity contribution >= 4 is 56.5 Å². The van der Waals surface area contributed by atoms with Gasteiger partial charge >= 0.3 is 0 Å². The second-order valence-corrected chi connectivity index (χ2v) is 8.78. The van der Waals surface area contributed by atoms with Gasteiger partial charge in [-0.15, -0.1) is 11.3 Å². The number of thioether (sulfide) groups is 1. The summed E-state index contributed by atoms with van der Waals surface area (Å²) < 4.78 is 15.8. The maximum absolute atomic E-state index is 13.8. The van der Waals surface area contributed by atoms with Crippen molar-refractivity contribution in [2.24, 2.45) is 5.92 Å². The third-order valence-corrected chi connectivity index (χ3v) is 6.78. The Hall–Kier alpha value is -2.45. The van der Waals surface area contributed by atoms with E-state index in [9.17, 15) is 14.0 Å². The van der Waals surface area contributed by atoms with Crippen molar-refractivity contribution in [3.05, 3.63) is 47.8 Å². The van der Waals surface area contributed by atoms with Gasteiger partial charge in [0.2, 0.25) is 11.8 Å². The summed E-state index contributed by atoms with van der Waals surface area (Å²) in [6, 6.07) is 10.3. The number of aromatic nitrogens is 1. The molecule has 3 aromatic rings. The molecule has 0 bridgehead atoms. The number of hydrogen-bond donors (Lipinski definition) is 1. The molecule has 0 saturated carbocycles. The molecule has 1 N–H and O–H groups in total. The van der Waals surface area contributed by atoms with Gasteiger partial charge in [-0.3, -0.25) is 9.59 Å². The summed E-state index contributed by atoms with van der Waals surface area (Å²) in [6.07, 6.45) is 2.09. The van der Waals surface area contributed by atoms with Crippen LogP contribution in [0.15, 0.2) is 40.7 Å². The molecule has 144 valence electrons. The highest BCUT2D eigenvalue weighted by atomic mass is 32.2. The Morgan fingerprint density at radius 3 is 2.89 bits per heavy atom. The standard InChI is InChI=1S/C20H18FN3O2S2/c1-11-3-5-14(9-15(11)21)24-10-12(7-18(24)25)19(26)22-13-4-6-16-17(8-13)28-20(23-16)27-2/h3-6,8-9,12H,7,10H2,1-2H3,(H,22,26). The van der Waals surface area contributed by atoms with Crippen molar-refractivity contribution in [1.82, 2.24) is 4.98 Å². The monoisotopic (exact) mass is 415 g/mol. The van der Waals surface area contributed by atoms with Crippen molar-refractivity contribution in [1.29, 1.82) is 0 Å². The lowest BCUT2D eigenvalue weighted by Crippen LogP contribution is -2.28. The third-order valence-electron chi connectivity index (χ3n) is 4.77. The van der Waals surface area contributed by atoms with Gasteiger partial charge in [-0.25, -0.2) is 9.37 Å². The summed E-state index contributed by atoms with van der Waals surface area (Å²) in [7, 11) is 0. The van der Waals surface area contributed by atoms with Gasteiger partial charge in [-0.05, 0) is 49.1 Å². The van der Waals surface area contributed by atoms with Crippen molar-refractivity contribution in [3.63, 3.8) is 0 Å². The molecule has 1 fully saturated rings. The first-order chi connectivity index (χ1) is 13.4. The summed E-state index contributed by atoms with van der Waals surface area (Å²) in [5.74, 6) is -1.22. The lowest BCUT2D eigenvalue weighted by atomic mass is 10.1. The quantitative estimate of drug-likeness (QED) is 0.639. The Labute approximate surface area is 170 Å². The summed E-state index contributed by atoms with van der Waals surface area (Å²) >= 11 is 3.16. The summed E-state index contributed by atoms with van der Waals surface area (Å²) in [6.45, 7) is 1.91. The van der Waals surface area contributed by atoms with E-state index in [0.29, 0.717) is 16.9 Å². The SMILES string of the molecule is CSc1nc2ccc(NC(=O)C3CC(=O)N(c4ccc(C)c(F)c4)C3)cc2s1. The number of carbonyl (C=O) groups excluding carboxylic acids is 2. The van der Waals surface area contributed by atoms with Crippen LogP contribution in [-0.2, 0) is 9.59 Å². The fourth-order valence-corrected chi connectivity index (χ4v) is 4.72. The molecule has 8 heteroatoms. The number of fused-ring (bicyclic) bond motifs is 1. The number of rotatable bonds is 4. The normalized spacial score (nSPS) is 16.8. The largest absolute Gasteiger partial charge is 0.326 e. The number of amides is 2. The molecule has 2 amide bonds. The van der Waals surface area contributed by atoms with Gasteiger partial charge in [0, 0.05) is 24.3 Å². The molecular weight excluding hydrogens is 397 g/mol. The Bertz CT molecular complexity index is 1080. The zero-order valence-electron chi connectivity index (χ0n) is 15.4. The number of thiazole rings is 1. The second-order valence-electron chi connectivity index (χ2n) is 6.69. The van der Waals surface area contributed by atoms with E-state index in [1.54, 1.807) is 42.2 Å². The highest BCUT2D eigenvalue weighted by Crippen LogP contribution is 2.31. The molecule has 2 aromatic carbocycles. The smallest absolute Gasteiger partial charge is 0.229 e. The predicted molar refractivity (Wildman–Crippen MR) is 112 cm³/mol. The number of aryl methyl sites for hydroxylation is 1. The van der Waals surface area contributed by atoms with Crippen LogP contribution in [0, 0.1) is 18.7 Å². The zero-order chi connectivity index (χ0) is 19.8. The van der Waals surface area contributed by atoms with E-state index in [4.69, 9.17) is 0 Å². The number of nitrogens with zero attached hydrogens (tertiary/aromatic N) is 2. The summed E-state index contributed by atoms with van der Waals surface area (Å²) in [5, 5.41) is 2.90. The molecule has 1 saturated heterocycles. The fraction of sp³-hybridized carbons (Fsp3) is 0.250. The van der Waals surface area contributed by atoms with Gasteiger partial charge in [0.25, 0.3) is 0 Å². The lowest BCUT2D eigenvalue weighted by molar-refractivity contribution is -0.122. The van der Waals surface area contributed by atoms with Crippen LogP contribution < -0.4 is 10.2 Å². The number of anilines is 2. The number of nitrogens with one attached hydrogen (secondary N) is 1. The lowest BCUT2D eigenvalue weighted by Gasteiger charge is -2.17. The van der Waals surface area contributed by atoms with E-state index in [2.05, 4.69) is 10.3 Å². The molecule has 0 aliphatic carbocycles. The first-order valence-corrected chi connectivity index (χ1v) is 10.8. The molecule has 2 heterocycles. The third kappa shape index (κ3) is 3.62. The molecule has 1 aliphatic rings. The van der Waals surface area contributed by atoms with Crippen LogP contribution in [0.5, 0.6) is 0 Å². The van der Waals surface area contributed by atoms with Gasteiger partial charge in [0.05, 0.1) is 16.1 Å². The average Bonchev–Trinajstić information content (AvgIpc) is 3.27. The molecule has 1 aromatic heterocycles. The van der Waals surface area contributed by atoms with Gasteiger partial charge in [0.15, 0.2) is 4.34 Å². The van der Waals surface area contributed by atoms with Gasteiger partial charge in [-0.2, -0.15) is 0 Å². The van der Waals surface area contributed by atoms with E-state index in [1.165, 1.54) is 11.0 Å². The van der Waals surface area contributed by atoms with Crippen molar-refractivity contribution in [2.75, 3.05) is 23.0 Å². The first-order valence-electron chi connectivity index (χ1n) is 8.76. The maximum Gasteiger partial charge on any atom is 0.229 e. The minimum absolute atomic E-state index is 0.112. The maximum atomic E-state index is 13.8. The van der Waals surface area contributed by atoms with Crippen molar-refractivity contribution in [2.45, 2.75) is 17.7 Å². The molecule has 28 heavy (non-hydrogen) atoms. The fourth-order valence-electron chi connectivity index (χ4n) is 3.20. The molecule has 1 atom stereocenters. The van der Waals surface area contributed by atoms with Crippen LogP contribution in [0.3, 0.4) is 0 Å². The molecule has 0 spiro atoms. The van der Waals surface area contributed by atoms with Crippen LogP contribution in [0.4, 0.5) is 15.8 Å². The van der Waals surface area contributed by atoms with Crippen LogP contribution in [-0.4, -0.2) is 29.6 Å². The molecule has 1 unspecified atom stereocenters. The van der Waals surface area contributed by atoms with Crippen LogP contribution >= 0.6 is 23.1 Å². The highest BCUT2D eigenvalue weighted by molar-refractivity contribution is 8.00. The average molecular weight is 416 g/mol. The van der Waals surface area contributed by atoms with E-state index >= 15 is 0 Å². The Kier molecular flexibility index (Phi) is 5.07. The Balaban J connectivity index is 1.48. The molecular formula is C20H18FN3O2S2. The van der Waals surface area contributed by atoms with Crippen molar-refractivity contribution < 1.29 is 14.0 Å². The number of hydrogen-bond acceptors (Lipinski definition) is 5. The summed E-state index contributed by atoms with van der Waals surface area (Å²) in [5.41, 5.74) is 2.59. The van der Waals surface area contributed by atoms with Crippen LogP contribution in [0.25, 0.3) is 10.2 Å². The number of carbonyl (C=O) groups is 2. The van der Waals surface area contributed by atoms with E-state index in [0.717, 1.165) is 14.6 Å². The molecule has 0 radical (unpaired) electrons. The van der Waals surface area contributed by atoms with E-state index in [-0.39, 0.29) is 30.6 Å². The first kappa shape index (κ1) is 18.9. The second kappa shape index (κ2) is 7.52. The minimum atomic E-state index is -0.476. The Morgan fingerprint density at radius 2 is 2.14 bits per heavy atom. The van der Waals surface area contributed by atoms with Crippen LogP contribution in [0.1, 0.15) is 12.0 Å². The molecule has 5 nitrogen and oxygen atoms in total. The highest BCUT2D eigenvalue weighted by Gasteiger charge is 2.35. The van der Waals surface area contributed by atoms with E-state index < -0.39 is 5.92 Å². The van der Waals surface area contributed by atoms with Gasteiger partial charge < -0.3 is 10.2 Å². The summed E-state index contributed by atoms with van der Waals surface area (Å²) in [4.78, 5) is 31.0. The van der Waals surface area contributed by atoms with Crippen molar-refractivity contribution in [3.8, 4) is 0 Å². The Morgan fingerprint density at radius 1 is 1.32 bits per heavy atom. The number of halogens is 1.